The number of para-hydroxylation sites is 1. The van der Waals surface area contributed by atoms with Crippen LogP contribution in [0.3, 0.4) is 0 Å². The highest BCUT2D eigenvalue weighted by Gasteiger charge is 2.15. The molecule has 224 valence electrons. The molecule has 0 unspecified atom stereocenters. The molecule has 0 aliphatic carbocycles. The van der Waals surface area contributed by atoms with Gasteiger partial charge in [0.2, 0.25) is 0 Å². The first-order chi connectivity index (χ1) is 22.6. The van der Waals surface area contributed by atoms with Gasteiger partial charge < -0.3 is 9.32 Å². The summed E-state index contributed by atoms with van der Waals surface area (Å²) in [6.45, 7) is 11.3. The number of furan rings is 1. The van der Waals surface area contributed by atoms with Crippen LogP contribution in [0.4, 0.5) is 17.1 Å². The van der Waals surface area contributed by atoms with Gasteiger partial charge in [-0.3, -0.25) is 0 Å². The van der Waals surface area contributed by atoms with Crippen molar-refractivity contribution in [2.24, 2.45) is 0 Å². The number of hydrogen-bond acceptors (Lipinski definition) is 2. The fourth-order valence-electron chi connectivity index (χ4n) is 5.82. The van der Waals surface area contributed by atoms with Gasteiger partial charge in [-0.2, -0.15) is 0 Å². The van der Waals surface area contributed by atoms with Crippen LogP contribution in [-0.2, 0) is 0 Å². The van der Waals surface area contributed by atoms with Gasteiger partial charge in [0.1, 0.15) is 11.2 Å². The molecule has 0 atom stereocenters. The highest BCUT2D eigenvalue weighted by molar-refractivity contribution is 6.06. The van der Waals surface area contributed by atoms with Crippen molar-refractivity contribution in [3.8, 4) is 22.3 Å². The quantitative estimate of drug-likeness (QED) is 0.135. The van der Waals surface area contributed by atoms with Gasteiger partial charge in [-0.25, -0.2) is 0 Å². The van der Waals surface area contributed by atoms with Crippen molar-refractivity contribution in [2.75, 3.05) is 4.90 Å². The standard InChI is InChI=1S/C41H31NO.C3H6/c1-3-29(4-2)31-17-22-35(23-18-31)42(36-24-19-32(20-25-36)30-11-6-5-7-12-30)37-14-10-13-33(27-37)34-21-26-41-39(28-34)38-15-8-9-16-40(38)43-41;1-3-2/h3-28H,1H2,2H3;3H,1H2,2H3/b29-4+;. The third-order valence-corrected chi connectivity index (χ3v) is 8.04. The number of nitrogens with zero attached hydrogens (tertiary/aromatic N) is 1. The number of rotatable bonds is 7. The first-order valence-corrected chi connectivity index (χ1v) is 15.6. The molecule has 7 aromatic rings. The number of fused-ring (bicyclic) bond motifs is 3. The molecule has 0 fully saturated rings. The van der Waals surface area contributed by atoms with E-state index in [-0.39, 0.29) is 0 Å². The zero-order valence-corrected chi connectivity index (χ0v) is 26.4. The maximum absolute atomic E-state index is 6.09. The van der Waals surface area contributed by atoms with Crippen molar-refractivity contribution in [2.45, 2.75) is 13.8 Å². The van der Waals surface area contributed by atoms with Crippen LogP contribution >= 0.6 is 0 Å². The molecule has 0 saturated carbocycles. The van der Waals surface area contributed by atoms with Gasteiger partial charge >= 0.3 is 0 Å². The van der Waals surface area contributed by atoms with Gasteiger partial charge in [0.15, 0.2) is 0 Å². The van der Waals surface area contributed by atoms with Crippen LogP contribution in [0.15, 0.2) is 181 Å². The lowest BCUT2D eigenvalue weighted by atomic mass is 10.0. The van der Waals surface area contributed by atoms with Crippen LogP contribution in [0.1, 0.15) is 19.4 Å². The Morgan fingerprint density at radius 3 is 1.78 bits per heavy atom. The molecule has 0 spiro atoms. The van der Waals surface area contributed by atoms with E-state index < -0.39 is 0 Å². The molecule has 0 aliphatic heterocycles. The second kappa shape index (κ2) is 13.8. The van der Waals surface area contributed by atoms with Gasteiger partial charge in [-0.05, 0) is 102 Å². The molecule has 1 heterocycles. The minimum Gasteiger partial charge on any atom is -0.456 e. The monoisotopic (exact) mass is 595 g/mol. The van der Waals surface area contributed by atoms with Crippen LogP contribution in [0.2, 0.25) is 0 Å². The SMILES string of the molecule is C=C/C(=C\C)c1ccc(N(c2ccc(-c3ccccc3)cc2)c2cccc(-c3ccc4oc5ccccc5c4c3)c2)cc1.C=CC. The third kappa shape index (κ3) is 6.20. The molecular formula is C44H37NO. The average Bonchev–Trinajstić information content (AvgIpc) is 3.49. The molecule has 46 heavy (non-hydrogen) atoms. The summed E-state index contributed by atoms with van der Waals surface area (Å²) in [5.74, 6) is 0. The Kier molecular flexibility index (Phi) is 9.08. The van der Waals surface area contributed by atoms with E-state index in [2.05, 4.69) is 158 Å². The molecule has 0 N–H and O–H groups in total. The van der Waals surface area contributed by atoms with Crippen molar-refractivity contribution in [1.82, 2.24) is 0 Å². The number of benzene rings is 6. The maximum Gasteiger partial charge on any atom is 0.135 e. The van der Waals surface area contributed by atoms with Gasteiger partial charge in [-0.1, -0.05) is 116 Å². The van der Waals surface area contributed by atoms with Gasteiger partial charge in [-0.15, -0.1) is 6.58 Å². The molecule has 1 aromatic heterocycles. The van der Waals surface area contributed by atoms with Gasteiger partial charge in [0.25, 0.3) is 0 Å². The van der Waals surface area contributed by atoms with E-state index in [1.54, 1.807) is 6.08 Å². The van der Waals surface area contributed by atoms with Crippen molar-refractivity contribution in [3.63, 3.8) is 0 Å². The summed E-state index contributed by atoms with van der Waals surface area (Å²) >= 11 is 0. The lowest BCUT2D eigenvalue weighted by molar-refractivity contribution is 0.669. The van der Waals surface area contributed by atoms with Crippen molar-refractivity contribution >= 4 is 44.6 Å². The van der Waals surface area contributed by atoms with Gasteiger partial charge in [0.05, 0.1) is 0 Å². The summed E-state index contributed by atoms with van der Waals surface area (Å²) < 4.78 is 6.09. The fraction of sp³-hybridized carbons (Fsp3) is 0.0455. The van der Waals surface area contributed by atoms with E-state index in [1.165, 1.54) is 11.1 Å². The Hall–Kier alpha value is -5.86. The Labute approximate surface area is 271 Å². The first kappa shape index (κ1) is 30.2. The number of hydrogen-bond donors (Lipinski definition) is 0. The van der Waals surface area contributed by atoms with E-state index in [9.17, 15) is 0 Å². The van der Waals surface area contributed by atoms with E-state index in [0.717, 1.165) is 61.3 Å². The molecule has 2 heteroatoms. The zero-order valence-electron chi connectivity index (χ0n) is 26.4. The lowest BCUT2D eigenvalue weighted by Gasteiger charge is -2.26. The third-order valence-electron chi connectivity index (χ3n) is 8.04. The largest absolute Gasteiger partial charge is 0.456 e. The minimum absolute atomic E-state index is 0.904. The molecular weight excluding hydrogens is 558 g/mol. The highest BCUT2D eigenvalue weighted by atomic mass is 16.3. The van der Waals surface area contributed by atoms with Crippen molar-refractivity contribution < 1.29 is 4.42 Å². The predicted molar refractivity (Wildman–Crippen MR) is 199 cm³/mol. The van der Waals surface area contributed by atoms with Crippen LogP contribution in [-0.4, -0.2) is 0 Å². The maximum atomic E-state index is 6.09. The Balaban J connectivity index is 0.00000119. The molecule has 2 nitrogen and oxygen atoms in total. The normalized spacial score (nSPS) is 11.1. The van der Waals surface area contributed by atoms with E-state index in [4.69, 9.17) is 4.42 Å². The van der Waals surface area contributed by atoms with Crippen LogP contribution in [0, 0.1) is 0 Å². The van der Waals surface area contributed by atoms with Crippen LogP contribution in [0.5, 0.6) is 0 Å². The molecule has 7 rings (SSSR count). The Morgan fingerprint density at radius 1 is 0.522 bits per heavy atom. The van der Waals surface area contributed by atoms with Crippen molar-refractivity contribution in [1.29, 1.82) is 0 Å². The summed E-state index contributed by atoms with van der Waals surface area (Å²) in [4.78, 5) is 2.32. The average molecular weight is 596 g/mol. The van der Waals surface area contributed by atoms with E-state index in [0.29, 0.717) is 0 Å². The summed E-state index contributed by atoms with van der Waals surface area (Å²) in [5, 5.41) is 2.26. The summed E-state index contributed by atoms with van der Waals surface area (Å²) in [5.41, 5.74) is 12.1. The first-order valence-electron chi connectivity index (χ1n) is 15.6. The Morgan fingerprint density at radius 2 is 1.09 bits per heavy atom. The van der Waals surface area contributed by atoms with Crippen LogP contribution < -0.4 is 4.90 Å². The molecule has 0 bridgehead atoms. The summed E-state index contributed by atoms with van der Waals surface area (Å²) in [7, 11) is 0. The minimum atomic E-state index is 0.904. The predicted octanol–water partition coefficient (Wildman–Crippen LogP) is 13.2. The molecule has 0 aliphatic rings. The highest BCUT2D eigenvalue weighted by Crippen LogP contribution is 2.39. The summed E-state index contributed by atoms with van der Waals surface area (Å²) in [6, 6.07) is 51.4. The number of anilines is 3. The molecule has 0 radical (unpaired) electrons. The van der Waals surface area contributed by atoms with E-state index >= 15 is 0 Å². The van der Waals surface area contributed by atoms with Crippen LogP contribution in [0.25, 0.3) is 49.8 Å². The number of allylic oxidation sites excluding steroid dienone is 4. The van der Waals surface area contributed by atoms with E-state index in [1.807, 2.05) is 32.1 Å². The zero-order chi connectivity index (χ0) is 31.9. The molecule has 6 aromatic carbocycles. The fourth-order valence-corrected chi connectivity index (χ4v) is 5.82. The van der Waals surface area contributed by atoms with Crippen molar-refractivity contribution in [3.05, 3.63) is 183 Å². The molecule has 0 amide bonds. The lowest BCUT2D eigenvalue weighted by Crippen LogP contribution is -2.10. The molecule has 0 saturated heterocycles. The Bertz CT molecular complexity index is 2130. The second-order valence-electron chi connectivity index (χ2n) is 11.0. The second-order valence-corrected chi connectivity index (χ2v) is 11.0. The topological polar surface area (TPSA) is 16.4 Å². The van der Waals surface area contributed by atoms with Gasteiger partial charge in [0, 0.05) is 27.8 Å². The summed E-state index contributed by atoms with van der Waals surface area (Å²) in [6.07, 6.45) is 5.74. The smallest absolute Gasteiger partial charge is 0.135 e.